The van der Waals surface area contributed by atoms with Gasteiger partial charge in [0.1, 0.15) is 5.78 Å². The van der Waals surface area contributed by atoms with Crippen LogP contribution in [0.25, 0.3) is 0 Å². The highest BCUT2D eigenvalue weighted by molar-refractivity contribution is 5.78. The lowest BCUT2D eigenvalue weighted by Crippen LogP contribution is -2.25. The van der Waals surface area contributed by atoms with Crippen LogP contribution in [0.4, 0.5) is 0 Å². The van der Waals surface area contributed by atoms with Crippen LogP contribution in [0.3, 0.4) is 0 Å². The number of hydrogen-bond acceptors (Lipinski definition) is 3. The summed E-state index contributed by atoms with van der Waals surface area (Å²) in [6, 6.07) is 0.451. The highest BCUT2D eigenvalue weighted by Gasteiger charge is 2.04. The molecule has 0 heterocycles. The summed E-state index contributed by atoms with van der Waals surface area (Å²) in [6.45, 7) is 9.55. The van der Waals surface area contributed by atoms with Crippen LogP contribution in [0.5, 0.6) is 0 Å². The summed E-state index contributed by atoms with van der Waals surface area (Å²) in [4.78, 5) is 11.3. The van der Waals surface area contributed by atoms with Crippen molar-refractivity contribution in [2.75, 3.05) is 13.3 Å². The Morgan fingerprint density at radius 2 is 1.93 bits per heavy atom. The summed E-state index contributed by atoms with van der Waals surface area (Å²) >= 11 is 0. The Kier molecular flexibility index (Phi) is 8.62. The summed E-state index contributed by atoms with van der Waals surface area (Å²) in [6.07, 6.45) is 2.19. The third kappa shape index (κ3) is 11.5. The Bertz CT molecular complexity index is 167. The predicted octanol–water partition coefficient (Wildman–Crippen LogP) is 2.35. The summed E-state index contributed by atoms with van der Waals surface area (Å²) in [5.74, 6) is 0.825. The molecule has 0 spiro atoms. The van der Waals surface area contributed by atoms with E-state index in [-0.39, 0.29) is 0 Å². The quantitative estimate of drug-likeness (QED) is 0.474. The molecule has 1 N–H and O–H groups in total. The van der Waals surface area contributed by atoms with Crippen molar-refractivity contribution >= 4 is 5.78 Å². The van der Waals surface area contributed by atoms with E-state index in [4.69, 9.17) is 4.74 Å². The maximum atomic E-state index is 11.3. The van der Waals surface area contributed by atoms with E-state index in [1.165, 1.54) is 0 Å². The first-order chi connectivity index (χ1) is 7.02. The number of rotatable bonds is 9. The molecule has 0 aliphatic carbocycles. The van der Waals surface area contributed by atoms with Gasteiger partial charge < -0.3 is 4.74 Å². The lowest BCUT2D eigenvalue weighted by molar-refractivity contribution is -0.120. The number of ketones is 1. The first-order valence-corrected chi connectivity index (χ1v) is 5.85. The topological polar surface area (TPSA) is 38.3 Å². The van der Waals surface area contributed by atoms with E-state index < -0.39 is 0 Å². The van der Waals surface area contributed by atoms with Crippen LogP contribution in [0.15, 0.2) is 0 Å². The Morgan fingerprint density at radius 1 is 1.27 bits per heavy atom. The van der Waals surface area contributed by atoms with Gasteiger partial charge in [-0.3, -0.25) is 10.1 Å². The number of Topliss-reactive ketones (excluding diaryl/α,β-unsaturated/α-hetero) is 1. The molecule has 0 unspecified atom stereocenters. The first kappa shape index (κ1) is 14.6. The SMILES string of the molecule is CC(C)CC(=O)CCCOCNC(C)C. The van der Waals surface area contributed by atoms with Crippen molar-refractivity contribution in [3.05, 3.63) is 0 Å². The highest BCUT2D eigenvalue weighted by atomic mass is 16.5. The highest BCUT2D eigenvalue weighted by Crippen LogP contribution is 2.04. The third-order valence-electron chi connectivity index (χ3n) is 1.97. The molecule has 3 nitrogen and oxygen atoms in total. The molecule has 0 aromatic carbocycles. The molecule has 0 radical (unpaired) electrons. The fourth-order valence-corrected chi connectivity index (χ4v) is 1.23. The standard InChI is InChI=1S/C12H25NO2/c1-10(2)8-12(14)6-5-7-15-9-13-11(3)4/h10-11,13H,5-9H2,1-4H3. The Balaban J connectivity index is 3.20. The molecular formula is C12H25NO2. The molecule has 0 fully saturated rings. The van der Waals surface area contributed by atoms with Crippen molar-refractivity contribution in [2.45, 2.75) is 53.0 Å². The molecule has 0 aliphatic rings. The van der Waals surface area contributed by atoms with Crippen molar-refractivity contribution in [1.82, 2.24) is 5.32 Å². The van der Waals surface area contributed by atoms with E-state index in [9.17, 15) is 4.79 Å². The number of nitrogens with one attached hydrogen (secondary N) is 1. The predicted molar refractivity (Wildman–Crippen MR) is 62.8 cm³/mol. The van der Waals surface area contributed by atoms with E-state index >= 15 is 0 Å². The van der Waals surface area contributed by atoms with Gasteiger partial charge in [-0.25, -0.2) is 0 Å². The smallest absolute Gasteiger partial charge is 0.133 e. The second-order valence-corrected chi connectivity index (χ2v) is 4.65. The monoisotopic (exact) mass is 215 g/mol. The Labute approximate surface area is 93.6 Å². The largest absolute Gasteiger partial charge is 0.366 e. The van der Waals surface area contributed by atoms with Gasteiger partial charge in [0.2, 0.25) is 0 Å². The van der Waals surface area contributed by atoms with E-state index in [2.05, 4.69) is 33.0 Å². The zero-order valence-electron chi connectivity index (χ0n) is 10.5. The minimum absolute atomic E-state index is 0.352. The van der Waals surface area contributed by atoms with Crippen LogP contribution < -0.4 is 5.32 Å². The fourth-order valence-electron chi connectivity index (χ4n) is 1.23. The normalized spacial score (nSPS) is 11.3. The van der Waals surface area contributed by atoms with Crippen molar-refractivity contribution in [3.63, 3.8) is 0 Å². The zero-order valence-corrected chi connectivity index (χ0v) is 10.5. The van der Waals surface area contributed by atoms with Gasteiger partial charge in [0, 0.05) is 25.5 Å². The molecule has 0 saturated carbocycles. The summed E-state index contributed by atoms with van der Waals surface area (Å²) in [5.41, 5.74) is 0. The molecule has 0 aromatic heterocycles. The van der Waals surface area contributed by atoms with Crippen LogP contribution in [0, 0.1) is 5.92 Å². The average molecular weight is 215 g/mol. The van der Waals surface area contributed by atoms with Crippen molar-refractivity contribution in [2.24, 2.45) is 5.92 Å². The van der Waals surface area contributed by atoms with Crippen LogP contribution in [0.2, 0.25) is 0 Å². The van der Waals surface area contributed by atoms with Crippen LogP contribution >= 0.6 is 0 Å². The molecule has 90 valence electrons. The number of carbonyl (C=O) groups excluding carboxylic acids is 1. The van der Waals surface area contributed by atoms with Gasteiger partial charge in [0.05, 0.1) is 6.73 Å². The van der Waals surface area contributed by atoms with Gasteiger partial charge in [-0.05, 0) is 26.2 Å². The number of ether oxygens (including phenoxy) is 1. The number of carbonyl (C=O) groups is 1. The number of hydrogen-bond donors (Lipinski definition) is 1. The minimum Gasteiger partial charge on any atom is -0.366 e. The maximum Gasteiger partial charge on any atom is 0.133 e. The van der Waals surface area contributed by atoms with Gasteiger partial charge >= 0.3 is 0 Å². The molecular weight excluding hydrogens is 190 g/mol. The fraction of sp³-hybridized carbons (Fsp3) is 0.917. The van der Waals surface area contributed by atoms with E-state index in [1.54, 1.807) is 0 Å². The van der Waals surface area contributed by atoms with Crippen molar-refractivity contribution in [3.8, 4) is 0 Å². The molecule has 0 saturated heterocycles. The molecule has 0 rings (SSSR count). The van der Waals surface area contributed by atoms with Crippen LogP contribution in [-0.4, -0.2) is 25.2 Å². The molecule has 0 bridgehead atoms. The lowest BCUT2D eigenvalue weighted by atomic mass is 10.0. The van der Waals surface area contributed by atoms with Crippen LogP contribution in [0.1, 0.15) is 47.0 Å². The summed E-state index contributed by atoms with van der Waals surface area (Å²) in [5, 5.41) is 3.16. The molecule has 0 amide bonds. The molecule has 15 heavy (non-hydrogen) atoms. The lowest BCUT2D eigenvalue weighted by Gasteiger charge is -2.08. The van der Waals surface area contributed by atoms with Crippen molar-refractivity contribution < 1.29 is 9.53 Å². The van der Waals surface area contributed by atoms with Gasteiger partial charge in [0.25, 0.3) is 0 Å². The first-order valence-electron chi connectivity index (χ1n) is 5.85. The van der Waals surface area contributed by atoms with E-state index in [0.717, 1.165) is 6.42 Å². The van der Waals surface area contributed by atoms with E-state index in [0.29, 0.717) is 43.9 Å². The molecule has 0 atom stereocenters. The summed E-state index contributed by atoms with van der Waals surface area (Å²) in [7, 11) is 0. The second-order valence-electron chi connectivity index (χ2n) is 4.65. The van der Waals surface area contributed by atoms with E-state index in [1.807, 2.05) is 0 Å². The Morgan fingerprint density at radius 3 is 2.47 bits per heavy atom. The third-order valence-corrected chi connectivity index (χ3v) is 1.97. The van der Waals surface area contributed by atoms with Crippen LogP contribution in [-0.2, 0) is 9.53 Å². The summed E-state index contributed by atoms with van der Waals surface area (Å²) < 4.78 is 5.34. The van der Waals surface area contributed by atoms with Gasteiger partial charge in [-0.1, -0.05) is 13.8 Å². The maximum absolute atomic E-state index is 11.3. The minimum atomic E-state index is 0.352. The second kappa shape index (κ2) is 8.86. The average Bonchev–Trinajstić information content (AvgIpc) is 2.09. The van der Waals surface area contributed by atoms with Gasteiger partial charge in [0.15, 0.2) is 0 Å². The zero-order chi connectivity index (χ0) is 11.7. The molecule has 0 aliphatic heterocycles. The molecule has 3 heteroatoms. The molecule has 0 aromatic rings. The van der Waals surface area contributed by atoms with Gasteiger partial charge in [-0.15, -0.1) is 0 Å². The van der Waals surface area contributed by atoms with Crippen molar-refractivity contribution in [1.29, 1.82) is 0 Å². The van der Waals surface area contributed by atoms with Gasteiger partial charge in [-0.2, -0.15) is 0 Å². The Hall–Kier alpha value is -0.410.